The van der Waals surface area contributed by atoms with E-state index in [-0.39, 0.29) is 67.0 Å². The highest BCUT2D eigenvalue weighted by Gasteiger charge is 2.33. The highest BCUT2D eigenvalue weighted by molar-refractivity contribution is 8.13. The highest BCUT2D eigenvalue weighted by Crippen LogP contribution is 2.35. The zero-order chi connectivity index (χ0) is 100. The van der Waals surface area contributed by atoms with Gasteiger partial charge in [-0.3, -0.25) is 14.4 Å². The molecule has 3 saturated heterocycles. The van der Waals surface area contributed by atoms with Crippen molar-refractivity contribution >= 4 is 165 Å². The topological polar surface area (TPSA) is 464 Å². The number of carbonyl (C=O) groups excluding carboxylic acids is 6. The zero-order valence-electron chi connectivity index (χ0n) is 77.8. The van der Waals surface area contributed by atoms with Gasteiger partial charge in [0.2, 0.25) is 0 Å². The predicted molar refractivity (Wildman–Crippen MR) is 530 cm³/mol. The number of benzene rings is 4. The smallest absolute Gasteiger partial charge is 0.410 e. The van der Waals surface area contributed by atoms with Crippen LogP contribution in [0.2, 0.25) is 0 Å². The molecule has 0 atom stereocenters. The summed E-state index contributed by atoms with van der Waals surface area (Å²) < 4.78 is 122. The van der Waals surface area contributed by atoms with E-state index in [1.54, 1.807) is 167 Å². The van der Waals surface area contributed by atoms with Crippen LogP contribution in [0.1, 0.15) is 83.0 Å². The molecule has 3 fully saturated rings. The molecule has 12 aromatic heterocycles. The van der Waals surface area contributed by atoms with E-state index in [1.165, 1.54) is 65.2 Å². The molecule has 3 aliphatic heterocycles. The number of nitrogens with zero attached hydrogens (tertiary/aromatic N) is 14. The van der Waals surface area contributed by atoms with Gasteiger partial charge in [0.15, 0.2) is 35.3 Å². The standard InChI is InChI=1S/C22H26N4O4S.C16H22N4O2.C14H10N2O4S.C14H10N2O3S.C9H18N2O2.C8H6N2O.C7H6N2.C6H5ClO2S.CH4O/c1-22(2,3)30-21(27)25-14-12-24(13-15-25)19-16-26(20-18(19)10-7-11-23-20)31(28,29)17-8-5-4-6-9-17;1-16(2,3)22-15(21)20-9-7-19(8-10-20)13-11-18-14-12(13)5-4-6-17-14;17-10-20-13-9-16(14-12(13)7-4-8-15-14)21(18,19)11-5-2-1-3-6-11;17-10-11-9-16(14-13(11)7-4-8-15-14)20(18,19)12-5-2-1-3-6-12;1-9(2,3)13-8(12)11-6-4-10-5-7-11;11-5-6-4-10-8-7(6)2-1-3-9-8;1-2-6-3-5-9-7(6)8-4-1;7-10(8,9)6-4-2-1-3-5-6;1-2/h4-11,16H,12-15H2,1-3H3;4-6,11H,7-10H2,1-3H3,(H,17,18);1-10H;1-10H;10H,4-7H2,1-3H3;1-5H,(H,9,10);1-5H,(H,8,9);1-5H;2H,1H3. The number of halogens is 1. The van der Waals surface area contributed by atoms with Crippen molar-refractivity contribution in [3.63, 3.8) is 0 Å². The Balaban J connectivity index is 0.000000156. The number of anilines is 2. The molecule has 15 heterocycles. The molecular formula is C97H107ClN18O19S4. The number of H-pyrrole nitrogens is 3. The fraction of sp³-hybridized carbons (Fsp3) is 0.258. The van der Waals surface area contributed by atoms with Gasteiger partial charge in [0.1, 0.15) is 33.7 Å². The molecule has 3 amide bonds. The van der Waals surface area contributed by atoms with Crippen molar-refractivity contribution in [1.82, 2.24) is 76.8 Å². The third-order valence-electron chi connectivity index (χ3n) is 20.5. The number of hydrogen-bond acceptors (Lipinski definition) is 28. The molecule has 730 valence electrons. The van der Waals surface area contributed by atoms with E-state index in [0.29, 0.717) is 73.1 Å². The van der Waals surface area contributed by atoms with Gasteiger partial charge in [-0.15, -0.1) is 0 Å². The van der Waals surface area contributed by atoms with Crippen molar-refractivity contribution in [2.24, 2.45) is 0 Å². The molecule has 0 unspecified atom stereocenters. The maximum atomic E-state index is 13.3. The van der Waals surface area contributed by atoms with Crippen LogP contribution in [0.4, 0.5) is 25.8 Å². The Hall–Kier alpha value is -14.8. The van der Waals surface area contributed by atoms with E-state index in [2.05, 4.69) is 66.0 Å². The second kappa shape index (κ2) is 47.3. The lowest BCUT2D eigenvalue weighted by Gasteiger charge is -2.36. The van der Waals surface area contributed by atoms with Gasteiger partial charge in [-0.25, -0.2) is 89.9 Å². The Bertz CT molecular complexity index is 7290. The first-order chi connectivity index (χ1) is 66.4. The third-order valence-corrected chi connectivity index (χ3v) is 26.8. The van der Waals surface area contributed by atoms with Gasteiger partial charge < -0.3 is 68.8 Å². The number of carbonyl (C=O) groups is 6. The Morgan fingerprint density at radius 2 is 0.727 bits per heavy atom. The molecule has 4 aromatic carbocycles. The number of rotatable bonds is 13. The Morgan fingerprint density at radius 3 is 1.16 bits per heavy atom. The van der Waals surface area contributed by atoms with E-state index in [1.807, 2.05) is 117 Å². The van der Waals surface area contributed by atoms with Crippen LogP contribution in [0, 0.1) is 0 Å². The van der Waals surface area contributed by atoms with Crippen LogP contribution in [-0.4, -0.2) is 250 Å². The largest absolute Gasteiger partial charge is 0.444 e. The average Bonchev–Trinajstić information content (AvgIpc) is 1.61. The average molecular weight is 1990 g/mol. The molecule has 0 bridgehead atoms. The summed E-state index contributed by atoms with van der Waals surface area (Å²) in [6.07, 6.45) is 20.2. The molecule has 0 aliphatic carbocycles. The van der Waals surface area contributed by atoms with E-state index in [0.717, 1.165) is 110 Å². The summed E-state index contributed by atoms with van der Waals surface area (Å²) in [5.41, 5.74) is 4.96. The number of piperazine rings is 3. The monoisotopic (exact) mass is 1990 g/mol. The molecule has 3 aliphatic rings. The van der Waals surface area contributed by atoms with Crippen LogP contribution in [0.5, 0.6) is 5.75 Å². The minimum atomic E-state index is -3.80. The highest BCUT2D eigenvalue weighted by atomic mass is 35.7. The van der Waals surface area contributed by atoms with Crippen molar-refractivity contribution in [1.29, 1.82) is 0 Å². The first-order valence-corrected chi connectivity index (χ1v) is 50.1. The number of aldehydes is 2. The molecular weight excluding hydrogens is 1880 g/mol. The summed E-state index contributed by atoms with van der Waals surface area (Å²) in [5, 5.41) is 15.1. The van der Waals surface area contributed by atoms with Gasteiger partial charge in [0.25, 0.3) is 45.6 Å². The summed E-state index contributed by atoms with van der Waals surface area (Å²) >= 11 is 0. The second-order valence-corrected chi connectivity index (χ2v) is 41.5. The molecule has 42 heteroatoms. The molecule has 19 rings (SSSR count). The predicted octanol–water partition coefficient (Wildman–Crippen LogP) is 14.8. The summed E-state index contributed by atoms with van der Waals surface area (Å²) in [7, 11) is -8.85. The number of aliphatic hydroxyl groups is 1. The lowest BCUT2D eigenvalue weighted by atomic mass is 10.2. The first kappa shape index (κ1) is 105. The van der Waals surface area contributed by atoms with Gasteiger partial charge in [0.05, 0.1) is 42.5 Å². The molecule has 139 heavy (non-hydrogen) atoms. The Labute approximate surface area is 808 Å². The van der Waals surface area contributed by atoms with Gasteiger partial charge in [-0.05, 0) is 190 Å². The zero-order valence-corrected chi connectivity index (χ0v) is 81.8. The number of amides is 3. The third kappa shape index (κ3) is 27.8. The number of aliphatic hydroxyl groups excluding tert-OH is 1. The number of ether oxygens (including phenoxy) is 4. The van der Waals surface area contributed by atoms with E-state index < -0.39 is 50.3 Å². The normalized spacial score (nSPS) is 13.4. The van der Waals surface area contributed by atoms with Crippen LogP contribution in [0.3, 0.4) is 0 Å². The van der Waals surface area contributed by atoms with Crippen LogP contribution < -0.4 is 19.9 Å². The number of pyridine rings is 6. The molecule has 5 N–H and O–H groups in total. The molecule has 37 nitrogen and oxygen atoms in total. The van der Waals surface area contributed by atoms with Crippen molar-refractivity contribution in [2.75, 3.05) is 95.4 Å². The quantitative estimate of drug-likeness (QED) is 0.0406. The van der Waals surface area contributed by atoms with Crippen LogP contribution in [0.25, 0.3) is 66.2 Å². The first-order valence-electron chi connectivity index (χ1n) is 43.5. The van der Waals surface area contributed by atoms with E-state index in [4.69, 9.17) is 34.7 Å². The van der Waals surface area contributed by atoms with Crippen LogP contribution >= 0.6 is 10.7 Å². The maximum absolute atomic E-state index is 13.3. The summed E-state index contributed by atoms with van der Waals surface area (Å²) in [5.74, 6) is 0.146. The fourth-order valence-electron chi connectivity index (χ4n) is 14.1. The lowest BCUT2D eigenvalue weighted by molar-refractivity contribution is -0.120. The van der Waals surface area contributed by atoms with Crippen molar-refractivity contribution in [3.05, 3.63) is 286 Å². The SMILES string of the molecule is CC(C)(C)OC(=O)N1CCN(c2c[nH]c3ncccc23)CC1.CC(C)(C)OC(=O)N1CCN(c2cn(S(=O)(=O)c3ccccc3)c3ncccc23)CC1.CC(C)(C)OC(=O)N1CCNCC1.CO.O=COc1cn(S(=O)(=O)c2ccccc2)c2ncccc12.O=Cc1c[nH]c2ncccc12.O=Cc1cn(S(=O)(=O)c2ccccc2)c2ncccc12.O=S(=O)(Cl)c1ccccc1.c1cnc2[nH]ccc2c1. The van der Waals surface area contributed by atoms with Gasteiger partial charge in [-0.2, -0.15) is 0 Å². The van der Waals surface area contributed by atoms with E-state index in [9.17, 15) is 62.4 Å². The minimum Gasteiger partial charge on any atom is -0.444 e. The summed E-state index contributed by atoms with van der Waals surface area (Å²) in [4.78, 5) is 112. The van der Waals surface area contributed by atoms with Crippen molar-refractivity contribution in [3.8, 4) is 5.75 Å². The number of aromatic amines is 3. The number of nitrogens with one attached hydrogen (secondary N) is 4. The van der Waals surface area contributed by atoms with E-state index >= 15 is 0 Å². The van der Waals surface area contributed by atoms with Gasteiger partial charge >= 0.3 is 18.3 Å². The van der Waals surface area contributed by atoms with Gasteiger partial charge in [0, 0.05) is 203 Å². The van der Waals surface area contributed by atoms with Gasteiger partial charge in [-0.1, -0.05) is 72.8 Å². The molecule has 0 spiro atoms. The molecule has 0 radical (unpaired) electrons. The summed E-state index contributed by atoms with van der Waals surface area (Å²) in [6, 6.07) is 56.1. The van der Waals surface area contributed by atoms with Crippen molar-refractivity contribution in [2.45, 2.75) is 98.7 Å². The van der Waals surface area contributed by atoms with Crippen LogP contribution in [0.15, 0.2) is 294 Å². The number of aromatic nitrogens is 12. The Morgan fingerprint density at radius 1 is 0.367 bits per heavy atom. The lowest BCUT2D eigenvalue weighted by Crippen LogP contribution is -2.50. The molecule has 16 aromatic rings. The van der Waals surface area contributed by atoms with Crippen molar-refractivity contribution < 1.29 is 86.5 Å². The summed E-state index contributed by atoms with van der Waals surface area (Å²) in [6.45, 7) is 25.4. The Kier molecular flexibility index (Phi) is 35.7. The minimum absolute atomic E-state index is 0.130. The maximum Gasteiger partial charge on any atom is 0.410 e. The number of fused-ring (bicyclic) bond motifs is 6. The van der Waals surface area contributed by atoms with Crippen LogP contribution in [-0.2, 0) is 58.1 Å². The second-order valence-electron chi connectivity index (χ2n) is 33.5. The molecule has 0 saturated carbocycles. The fourth-order valence-corrected chi connectivity index (χ4v) is 18.9. The number of hydrogen-bond donors (Lipinski definition) is 5.